The molecule has 1 N–H and O–H groups in total. The van der Waals surface area contributed by atoms with Crippen LogP contribution in [-0.2, 0) is 5.54 Å². The van der Waals surface area contributed by atoms with Crippen molar-refractivity contribution in [3.8, 4) is 0 Å². The largest absolute Gasteiger partial charge is 0.420 e. The van der Waals surface area contributed by atoms with Gasteiger partial charge in [-0.05, 0) is 29.8 Å². The van der Waals surface area contributed by atoms with Crippen molar-refractivity contribution in [2.75, 3.05) is 4.90 Å². The number of alkyl halides is 3. The quantitative estimate of drug-likeness (QED) is 0.344. The summed E-state index contributed by atoms with van der Waals surface area (Å²) in [7, 11) is 0. The van der Waals surface area contributed by atoms with E-state index in [2.05, 4.69) is 10.3 Å². The van der Waals surface area contributed by atoms with Gasteiger partial charge in [-0.2, -0.15) is 13.2 Å². The van der Waals surface area contributed by atoms with E-state index in [0.717, 1.165) is 16.5 Å². The van der Waals surface area contributed by atoms with Crippen molar-refractivity contribution in [1.29, 1.82) is 0 Å². The molecule has 6 rings (SSSR count). The molecule has 1 unspecified atom stereocenters. The third kappa shape index (κ3) is 2.85. The Morgan fingerprint density at radius 1 is 0.909 bits per heavy atom. The number of amides is 2. The van der Waals surface area contributed by atoms with Gasteiger partial charge in [0.15, 0.2) is 5.54 Å². The van der Waals surface area contributed by atoms with E-state index in [4.69, 9.17) is 0 Å². The molecular formula is C24H14F3N3OS2. The number of thioether (sulfide) groups is 1. The van der Waals surface area contributed by atoms with Gasteiger partial charge in [-0.1, -0.05) is 66.4 Å². The molecule has 3 aromatic carbocycles. The number of carbonyl (C=O) groups excluding carboxylic acids is 1. The van der Waals surface area contributed by atoms with Crippen LogP contribution in [-0.4, -0.2) is 17.2 Å². The number of para-hydroxylation sites is 2. The number of halogens is 3. The van der Waals surface area contributed by atoms with E-state index in [1.807, 2.05) is 12.1 Å². The average Bonchev–Trinajstić information content (AvgIpc) is 3.40. The lowest BCUT2D eigenvalue weighted by Gasteiger charge is -2.43. The maximum absolute atomic E-state index is 15.1. The fraction of sp³-hybridized carbons (Fsp3) is 0.0833. The first-order chi connectivity index (χ1) is 15.9. The minimum absolute atomic E-state index is 0.0659. The Hall–Kier alpha value is -3.30. The maximum Gasteiger partial charge on any atom is 0.420 e. The number of anilines is 1. The van der Waals surface area contributed by atoms with E-state index in [1.165, 1.54) is 28.4 Å². The lowest BCUT2D eigenvalue weighted by Crippen LogP contribution is -2.62. The van der Waals surface area contributed by atoms with Crippen LogP contribution in [0.1, 0.15) is 10.6 Å². The minimum Gasteiger partial charge on any atom is -0.315 e. The summed E-state index contributed by atoms with van der Waals surface area (Å²) in [6.07, 6.45) is -4.83. The minimum atomic E-state index is -4.83. The molecule has 4 nitrogen and oxygen atoms in total. The molecule has 0 fully saturated rings. The molecule has 0 saturated heterocycles. The maximum atomic E-state index is 15.1. The Labute approximate surface area is 194 Å². The number of thiazole rings is 1. The molecule has 0 spiro atoms. The van der Waals surface area contributed by atoms with Gasteiger partial charge >= 0.3 is 12.2 Å². The van der Waals surface area contributed by atoms with Crippen LogP contribution < -0.4 is 10.2 Å². The average molecular weight is 482 g/mol. The smallest absolute Gasteiger partial charge is 0.315 e. The fourth-order valence-electron chi connectivity index (χ4n) is 4.30. The number of aromatic nitrogens is 1. The molecule has 3 heterocycles. The summed E-state index contributed by atoms with van der Waals surface area (Å²) in [4.78, 5) is 19.9. The second-order valence-electron chi connectivity index (χ2n) is 7.62. The number of hydrogen-bond donors (Lipinski definition) is 1. The molecular weight excluding hydrogens is 467 g/mol. The van der Waals surface area contributed by atoms with Gasteiger partial charge in [0.2, 0.25) is 0 Å². The fourth-order valence-corrected chi connectivity index (χ4v) is 6.68. The second kappa shape index (κ2) is 7.10. The molecule has 0 saturated carbocycles. The van der Waals surface area contributed by atoms with Crippen molar-refractivity contribution in [3.63, 3.8) is 0 Å². The molecule has 4 aromatic rings. The number of benzene rings is 3. The zero-order chi connectivity index (χ0) is 22.8. The van der Waals surface area contributed by atoms with Gasteiger partial charge in [0, 0.05) is 4.90 Å². The van der Waals surface area contributed by atoms with E-state index >= 15 is 13.2 Å². The number of nitrogens with one attached hydrogen (secondary N) is 1. The normalized spacial score (nSPS) is 20.1. The van der Waals surface area contributed by atoms with Crippen LogP contribution in [0.25, 0.3) is 15.8 Å². The first-order valence-corrected chi connectivity index (χ1v) is 11.7. The van der Waals surface area contributed by atoms with Crippen LogP contribution in [0.15, 0.2) is 88.8 Å². The lowest BCUT2D eigenvalue weighted by atomic mass is 9.80. The van der Waals surface area contributed by atoms with Crippen LogP contribution >= 0.6 is 23.1 Å². The van der Waals surface area contributed by atoms with Crippen molar-refractivity contribution < 1.29 is 18.0 Å². The van der Waals surface area contributed by atoms with Gasteiger partial charge in [-0.3, -0.25) is 4.90 Å². The summed E-state index contributed by atoms with van der Waals surface area (Å²) in [6, 6.07) is 21.0. The van der Waals surface area contributed by atoms with Gasteiger partial charge in [0.05, 0.1) is 26.5 Å². The summed E-state index contributed by atoms with van der Waals surface area (Å²) < 4.78 is 46.2. The second-order valence-corrected chi connectivity index (χ2v) is 9.68. The zero-order valence-corrected chi connectivity index (χ0v) is 18.4. The topological polar surface area (TPSA) is 45.2 Å². The van der Waals surface area contributed by atoms with Crippen molar-refractivity contribution in [2.24, 2.45) is 0 Å². The van der Waals surface area contributed by atoms with Gasteiger partial charge in [0.25, 0.3) is 0 Å². The molecule has 0 bridgehead atoms. The summed E-state index contributed by atoms with van der Waals surface area (Å²) in [6.45, 7) is 0. The zero-order valence-electron chi connectivity index (χ0n) is 16.8. The van der Waals surface area contributed by atoms with Crippen molar-refractivity contribution in [1.82, 2.24) is 10.3 Å². The monoisotopic (exact) mass is 481 g/mol. The van der Waals surface area contributed by atoms with E-state index < -0.39 is 17.7 Å². The Kier molecular flexibility index (Phi) is 4.37. The van der Waals surface area contributed by atoms with Gasteiger partial charge in [0.1, 0.15) is 5.01 Å². The summed E-state index contributed by atoms with van der Waals surface area (Å²) >= 11 is 2.35. The van der Waals surface area contributed by atoms with E-state index in [0.29, 0.717) is 16.1 Å². The predicted molar refractivity (Wildman–Crippen MR) is 124 cm³/mol. The molecule has 9 heteroatoms. The number of urea groups is 1. The van der Waals surface area contributed by atoms with Crippen LogP contribution in [0.4, 0.5) is 23.7 Å². The molecule has 0 radical (unpaired) electrons. The van der Waals surface area contributed by atoms with Crippen molar-refractivity contribution in [3.05, 3.63) is 94.5 Å². The molecule has 2 aliphatic rings. The van der Waals surface area contributed by atoms with Gasteiger partial charge in [-0.15, -0.1) is 11.3 Å². The van der Waals surface area contributed by atoms with Crippen molar-refractivity contribution >= 4 is 50.6 Å². The molecule has 0 aliphatic carbocycles. The third-order valence-corrected chi connectivity index (χ3v) is 7.94. The van der Waals surface area contributed by atoms with Crippen LogP contribution in [0.5, 0.6) is 0 Å². The summed E-state index contributed by atoms with van der Waals surface area (Å²) in [5.74, 6) is 0. The standard InChI is InChI=1S/C24H14F3N3OS2/c25-24(26,27)23(14-8-2-1-3-9-14)19(20-28-15-10-4-6-12-17(15)32-20)21-30(22(31)29-23)16-11-5-7-13-18(16)33-21/h1-13H,(H,29,31). The third-order valence-electron chi connectivity index (χ3n) is 5.74. The molecule has 1 atom stereocenters. The number of rotatable bonds is 2. The number of carbonyl (C=O) groups is 1. The first-order valence-electron chi connectivity index (χ1n) is 10.0. The summed E-state index contributed by atoms with van der Waals surface area (Å²) in [5, 5.41) is 2.79. The SMILES string of the molecule is O=C1NC(c2ccccc2)(C(F)(F)F)C(c2nc3ccccc3s2)=C2Sc3ccccc3N12. The van der Waals surface area contributed by atoms with Crippen LogP contribution in [0.2, 0.25) is 0 Å². The highest BCUT2D eigenvalue weighted by Crippen LogP contribution is 2.59. The Balaban J connectivity index is 1.73. The highest BCUT2D eigenvalue weighted by molar-refractivity contribution is 8.04. The summed E-state index contributed by atoms with van der Waals surface area (Å²) in [5.41, 5.74) is -1.72. The molecule has 164 valence electrons. The van der Waals surface area contributed by atoms with Gasteiger partial charge in [-0.25, -0.2) is 9.78 Å². The number of fused-ring (bicyclic) bond motifs is 4. The molecule has 1 aromatic heterocycles. The number of hydrogen-bond acceptors (Lipinski definition) is 4. The Morgan fingerprint density at radius 2 is 1.61 bits per heavy atom. The molecule has 33 heavy (non-hydrogen) atoms. The highest BCUT2D eigenvalue weighted by Gasteiger charge is 2.65. The van der Waals surface area contributed by atoms with Gasteiger partial charge < -0.3 is 5.32 Å². The Bertz CT molecular complexity index is 1420. The predicted octanol–water partition coefficient (Wildman–Crippen LogP) is 6.76. The van der Waals surface area contributed by atoms with E-state index in [9.17, 15) is 4.79 Å². The number of nitrogens with zero attached hydrogens (tertiary/aromatic N) is 2. The lowest BCUT2D eigenvalue weighted by molar-refractivity contribution is -0.178. The Morgan fingerprint density at radius 3 is 2.36 bits per heavy atom. The highest BCUT2D eigenvalue weighted by atomic mass is 32.2. The first kappa shape index (κ1) is 20.3. The van der Waals surface area contributed by atoms with Crippen molar-refractivity contribution in [2.45, 2.75) is 16.6 Å². The van der Waals surface area contributed by atoms with Crippen LogP contribution in [0, 0.1) is 0 Å². The van der Waals surface area contributed by atoms with E-state index in [1.54, 1.807) is 54.6 Å². The van der Waals surface area contributed by atoms with E-state index in [-0.39, 0.29) is 21.2 Å². The molecule has 2 aliphatic heterocycles. The molecule has 2 amide bonds. The van der Waals surface area contributed by atoms with Crippen LogP contribution in [0.3, 0.4) is 0 Å².